The van der Waals surface area contributed by atoms with Crippen LogP contribution in [0.4, 0.5) is 5.69 Å². The van der Waals surface area contributed by atoms with Crippen LogP contribution in [0.15, 0.2) is 35.0 Å². The van der Waals surface area contributed by atoms with Crippen molar-refractivity contribution in [1.82, 2.24) is 4.90 Å². The Morgan fingerprint density at radius 2 is 2.00 bits per heavy atom. The first-order valence-corrected chi connectivity index (χ1v) is 6.84. The lowest BCUT2D eigenvalue weighted by molar-refractivity contribution is 0.0596. The van der Waals surface area contributed by atoms with Crippen molar-refractivity contribution in [3.05, 3.63) is 51.7 Å². The van der Waals surface area contributed by atoms with Crippen LogP contribution in [-0.2, 0) is 0 Å². The molecule has 1 unspecified atom stereocenters. The molecule has 19 heavy (non-hydrogen) atoms. The van der Waals surface area contributed by atoms with Crippen LogP contribution in [0.3, 0.4) is 0 Å². The molecule has 0 saturated heterocycles. The fourth-order valence-electron chi connectivity index (χ4n) is 2.34. The van der Waals surface area contributed by atoms with Crippen molar-refractivity contribution < 1.29 is 9.59 Å². The third kappa shape index (κ3) is 1.66. The average molecular weight is 272 g/mol. The van der Waals surface area contributed by atoms with Gasteiger partial charge in [-0.25, -0.2) is 0 Å². The number of anilines is 1. The molecule has 0 fully saturated rings. The van der Waals surface area contributed by atoms with Gasteiger partial charge in [-0.05, 0) is 41.4 Å². The normalized spacial score (nSPS) is 15.7. The number of amides is 2. The molecular formula is C14H12N2O2S. The summed E-state index contributed by atoms with van der Waals surface area (Å²) in [6.07, 6.45) is 0. The number of imide groups is 1. The summed E-state index contributed by atoms with van der Waals surface area (Å²) in [5.74, 6) is -0.581. The number of fused-ring (bicyclic) bond motifs is 1. The van der Waals surface area contributed by atoms with E-state index in [4.69, 9.17) is 5.73 Å². The maximum Gasteiger partial charge on any atom is 0.264 e. The lowest BCUT2D eigenvalue weighted by atomic mass is 10.1. The Labute approximate surface area is 114 Å². The standard InChI is InChI=1S/C14H12N2O2S/c1-8(9-5-6-19-7-9)16-13(17)10-3-2-4-11(15)12(10)14(16)18/h2-8H,15H2,1H3. The minimum atomic E-state index is -0.309. The maximum atomic E-state index is 12.4. The predicted molar refractivity (Wildman–Crippen MR) is 74.1 cm³/mol. The van der Waals surface area contributed by atoms with E-state index < -0.39 is 0 Å². The highest BCUT2D eigenvalue weighted by Gasteiger charge is 2.40. The predicted octanol–water partition coefficient (Wildman–Crippen LogP) is 2.69. The molecule has 96 valence electrons. The maximum absolute atomic E-state index is 12.4. The van der Waals surface area contributed by atoms with E-state index in [1.54, 1.807) is 29.5 Å². The second-order valence-electron chi connectivity index (χ2n) is 4.48. The third-order valence-electron chi connectivity index (χ3n) is 3.39. The van der Waals surface area contributed by atoms with Gasteiger partial charge in [-0.15, -0.1) is 0 Å². The Kier molecular flexibility index (Phi) is 2.64. The third-order valence-corrected chi connectivity index (χ3v) is 4.09. The van der Waals surface area contributed by atoms with Crippen molar-refractivity contribution in [2.24, 2.45) is 0 Å². The fraction of sp³-hybridized carbons (Fsp3) is 0.143. The van der Waals surface area contributed by atoms with Gasteiger partial charge < -0.3 is 5.73 Å². The number of nitrogens with two attached hydrogens (primary N) is 1. The fourth-order valence-corrected chi connectivity index (χ4v) is 3.09. The van der Waals surface area contributed by atoms with Gasteiger partial charge in [0.25, 0.3) is 11.8 Å². The molecule has 2 amide bonds. The molecule has 0 aliphatic carbocycles. The molecule has 2 N–H and O–H groups in total. The number of carbonyl (C=O) groups excluding carboxylic acids is 2. The van der Waals surface area contributed by atoms with Crippen LogP contribution >= 0.6 is 11.3 Å². The Hall–Kier alpha value is -2.14. The van der Waals surface area contributed by atoms with Crippen molar-refractivity contribution in [3.63, 3.8) is 0 Å². The number of thiophene rings is 1. The summed E-state index contributed by atoms with van der Waals surface area (Å²) in [5, 5.41) is 3.87. The Morgan fingerprint density at radius 3 is 2.63 bits per heavy atom. The topological polar surface area (TPSA) is 63.4 Å². The monoisotopic (exact) mass is 272 g/mol. The van der Waals surface area contributed by atoms with E-state index in [1.165, 1.54) is 4.90 Å². The number of carbonyl (C=O) groups is 2. The van der Waals surface area contributed by atoms with E-state index in [0.717, 1.165) is 5.56 Å². The summed E-state index contributed by atoms with van der Waals surface area (Å²) in [5.41, 5.74) is 7.85. The zero-order valence-corrected chi connectivity index (χ0v) is 11.1. The first-order chi connectivity index (χ1) is 9.11. The van der Waals surface area contributed by atoms with Crippen molar-refractivity contribution in [3.8, 4) is 0 Å². The van der Waals surface area contributed by atoms with Gasteiger partial charge in [0.1, 0.15) is 0 Å². The van der Waals surface area contributed by atoms with Crippen LogP contribution in [0.1, 0.15) is 39.2 Å². The first-order valence-electron chi connectivity index (χ1n) is 5.89. The second kappa shape index (κ2) is 4.20. The van der Waals surface area contributed by atoms with E-state index in [0.29, 0.717) is 16.8 Å². The lowest BCUT2D eigenvalue weighted by Crippen LogP contribution is -2.32. The molecule has 1 aliphatic heterocycles. The van der Waals surface area contributed by atoms with E-state index in [1.807, 2.05) is 23.8 Å². The molecule has 4 nitrogen and oxygen atoms in total. The number of nitrogens with zero attached hydrogens (tertiary/aromatic N) is 1. The Balaban J connectivity index is 2.06. The zero-order valence-electron chi connectivity index (χ0n) is 10.3. The van der Waals surface area contributed by atoms with Gasteiger partial charge in [0.2, 0.25) is 0 Å². The van der Waals surface area contributed by atoms with E-state index >= 15 is 0 Å². The van der Waals surface area contributed by atoms with Crippen molar-refractivity contribution in [1.29, 1.82) is 0 Å². The molecule has 1 atom stereocenters. The molecule has 2 heterocycles. The average Bonchev–Trinajstić information content (AvgIpc) is 2.98. The second-order valence-corrected chi connectivity index (χ2v) is 5.26. The molecule has 0 radical (unpaired) electrons. The molecule has 0 spiro atoms. The molecular weight excluding hydrogens is 260 g/mol. The van der Waals surface area contributed by atoms with Crippen molar-refractivity contribution in [2.75, 3.05) is 5.73 Å². The summed E-state index contributed by atoms with van der Waals surface area (Å²) in [6, 6.07) is 6.62. The van der Waals surface area contributed by atoms with Gasteiger partial charge in [0.15, 0.2) is 0 Å². The minimum Gasteiger partial charge on any atom is -0.398 e. The summed E-state index contributed by atoms with van der Waals surface area (Å²) >= 11 is 1.54. The van der Waals surface area contributed by atoms with Gasteiger partial charge in [0.05, 0.1) is 17.2 Å². The van der Waals surface area contributed by atoms with Crippen LogP contribution in [-0.4, -0.2) is 16.7 Å². The number of hydrogen-bond donors (Lipinski definition) is 1. The molecule has 1 aromatic carbocycles. The quantitative estimate of drug-likeness (QED) is 0.675. The van der Waals surface area contributed by atoms with Crippen LogP contribution < -0.4 is 5.73 Å². The Bertz CT molecular complexity index is 664. The molecule has 1 aliphatic rings. The SMILES string of the molecule is CC(c1ccsc1)N1C(=O)c2cccc(N)c2C1=O. The highest BCUT2D eigenvalue weighted by Crippen LogP contribution is 2.34. The van der Waals surface area contributed by atoms with E-state index in [9.17, 15) is 9.59 Å². The highest BCUT2D eigenvalue weighted by molar-refractivity contribution is 7.08. The zero-order chi connectivity index (χ0) is 13.6. The van der Waals surface area contributed by atoms with Gasteiger partial charge in [-0.3, -0.25) is 14.5 Å². The van der Waals surface area contributed by atoms with Crippen LogP contribution in [0, 0.1) is 0 Å². The first kappa shape index (κ1) is 11.9. The minimum absolute atomic E-state index is 0.272. The van der Waals surface area contributed by atoms with E-state index in [-0.39, 0.29) is 17.9 Å². The van der Waals surface area contributed by atoms with Crippen molar-refractivity contribution >= 4 is 28.8 Å². The van der Waals surface area contributed by atoms with Crippen LogP contribution in [0.5, 0.6) is 0 Å². The molecule has 1 aromatic heterocycles. The number of nitrogen functional groups attached to an aromatic ring is 1. The van der Waals surface area contributed by atoms with Crippen molar-refractivity contribution in [2.45, 2.75) is 13.0 Å². The largest absolute Gasteiger partial charge is 0.398 e. The summed E-state index contributed by atoms with van der Waals surface area (Å²) in [7, 11) is 0. The van der Waals surface area contributed by atoms with Gasteiger partial charge in [0, 0.05) is 5.69 Å². The lowest BCUT2D eigenvalue weighted by Gasteiger charge is -2.21. The number of rotatable bonds is 2. The van der Waals surface area contributed by atoms with E-state index in [2.05, 4.69) is 0 Å². The Morgan fingerprint density at radius 1 is 1.21 bits per heavy atom. The van der Waals surface area contributed by atoms with Gasteiger partial charge >= 0.3 is 0 Å². The van der Waals surface area contributed by atoms with Crippen LogP contribution in [0.2, 0.25) is 0 Å². The molecule has 5 heteroatoms. The summed E-state index contributed by atoms with van der Waals surface area (Å²) < 4.78 is 0. The van der Waals surface area contributed by atoms with Gasteiger partial charge in [-0.1, -0.05) is 6.07 Å². The van der Waals surface area contributed by atoms with Gasteiger partial charge in [-0.2, -0.15) is 11.3 Å². The highest BCUT2D eigenvalue weighted by atomic mass is 32.1. The molecule has 0 saturated carbocycles. The molecule has 3 rings (SSSR count). The smallest absolute Gasteiger partial charge is 0.264 e. The summed E-state index contributed by atoms with van der Waals surface area (Å²) in [4.78, 5) is 26.0. The summed E-state index contributed by atoms with van der Waals surface area (Å²) in [6.45, 7) is 1.85. The molecule has 2 aromatic rings. The van der Waals surface area contributed by atoms with Crippen LogP contribution in [0.25, 0.3) is 0 Å². The number of benzene rings is 1. The molecule has 0 bridgehead atoms. The number of hydrogen-bond acceptors (Lipinski definition) is 4.